The highest BCUT2D eigenvalue weighted by atomic mass is 16.2. The number of pyridine rings is 1. The van der Waals surface area contributed by atoms with E-state index in [9.17, 15) is 4.79 Å². The third kappa shape index (κ3) is 4.40. The molecule has 1 N–H and O–H groups in total. The average molecular weight is 358 g/mol. The number of hydrogen-bond acceptors (Lipinski definition) is 5. The minimum Gasteiger partial charge on any atom is -0.325 e. The fraction of sp³-hybridized carbons (Fsp3) is 0.632. The van der Waals surface area contributed by atoms with Gasteiger partial charge in [0.25, 0.3) is 0 Å². The lowest BCUT2D eigenvalue weighted by molar-refractivity contribution is -0.123. The van der Waals surface area contributed by atoms with Crippen LogP contribution in [0.4, 0.5) is 5.69 Å². The Bertz CT molecular complexity index is 755. The Labute approximate surface area is 155 Å². The number of amides is 1. The van der Waals surface area contributed by atoms with Crippen molar-refractivity contribution in [3.05, 3.63) is 18.5 Å². The highest BCUT2D eigenvalue weighted by Crippen LogP contribution is 2.24. The van der Waals surface area contributed by atoms with Crippen LogP contribution in [0, 0.1) is 5.41 Å². The number of rotatable bonds is 5. The third-order valence-electron chi connectivity index (χ3n) is 4.91. The van der Waals surface area contributed by atoms with E-state index >= 15 is 0 Å². The predicted molar refractivity (Wildman–Crippen MR) is 104 cm³/mol. The molecular formula is C19H30N6O. The van der Waals surface area contributed by atoms with Gasteiger partial charge >= 0.3 is 0 Å². The molecule has 3 heterocycles. The van der Waals surface area contributed by atoms with E-state index in [1.54, 1.807) is 12.4 Å². The molecule has 0 spiro atoms. The van der Waals surface area contributed by atoms with E-state index in [1.807, 2.05) is 31.5 Å². The van der Waals surface area contributed by atoms with Crippen LogP contribution in [-0.2, 0) is 11.3 Å². The van der Waals surface area contributed by atoms with E-state index in [1.165, 1.54) is 0 Å². The zero-order valence-corrected chi connectivity index (χ0v) is 16.3. The summed E-state index contributed by atoms with van der Waals surface area (Å²) in [6.45, 7) is 12.2. The minimum absolute atomic E-state index is 0.00665. The predicted octanol–water partition coefficient (Wildman–Crippen LogP) is 2.05. The molecule has 1 saturated heterocycles. The summed E-state index contributed by atoms with van der Waals surface area (Å²) in [5.41, 5.74) is 1.17. The summed E-state index contributed by atoms with van der Waals surface area (Å²) in [6, 6.07) is 1.84. The molecule has 26 heavy (non-hydrogen) atoms. The van der Waals surface area contributed by atoms with Crippen molar-refractivity contribution < 1.29 is 4.79 Å². The number of piperazine rings is 1. The van der Waals surface area contributed by atoms with Gasteiger partial charge in [-0.15, -0.1) is 0 Å². The summed E-state index contributed by atoms with van der Waals surface area (Å²) < 4.78 is 1.94. The van der Waals surface area contributed by atoms with Crippen LogP contribution in [0.15, 0.2) is 18.5 Å². The van der Waals surface area contributed by atoms with E-state index < -0.39 is 5.41 Å². The SMILES string of the molecule is CN1CCN(CCCn2ncc3c(NC(=O)C(C)(C)C)ccnc32)CC1. The maximum absolute atomic E-state index is 12.3. The summed E-state index contributed by atoms with van der Waals surface area (Å²) in [5.74, 6) is -0.00665. The first-order valence-corrected chi connectivity index (χ1v) is 9.37. The largest absolute Gasteiger partial charge is 0.325 e. The molecule has 1 aliphatic heterocycles. The molecule has 0 atom stereocenters. The number of aromatic nitrogens is 3. The van der Waals surface area contributed by atoms with Crippen molar-refractivity contribution >= 4 is 22.6 Å². The van der Waals surface area contributed by atoms with E-state index in [-0.39, 0.29) is 5.91 Å². The molecule has 2 aromatic rings. The highest BCUT2D eigenvalue weighted by molar-refractivity contribution is 6.01. The van der Waals surface area contributed by atoms with Gasteiger partial charge in [-0.3, -0.25) is 4.79 Å². The first kappa shape index (κ1) is 18.8. The van der Waals surface area contributed by atoms with Gasteiger partial charge in [0.1, 0.15) is 0 Å². The van der Waals surface area contributed by atoms with Crippen molar-refractivity contribution in [2.24, 2.45) is 5.41 Å². The van der Waals surface area contributed by atoms with Gasteiger partial charge in [-0.05, 0) is 19.5 Å². The molecule has 0 radical (unpaired) electrons. The van der Waals surface area contributed by atoms with Crippen LogP contribution < -0.4 is 5.32 Å². The number of fused-ring (bicyclic) bond motifs is 1. The summed E-state index contributed by atoms with van der Waals surface area (Å²) in [6.07, 6.45) is 4.58. The molecule has 2 aromatic heterocycles. The maximum atomic E-state index is 12.3. The molecule has 3 rings (SSSR count). The van der Waals surface area contributed by atoms with Crippen molar-refractivity contribution in [1.82, 2.24) is 24.6 Å². The van der Waals surface area contributed by atoms with E-state index in [0.29, 0.717) is 0 Å². The van der Waals surface area contributed by atoms with Gasteiger partial charge in [0.15, 0.2) is 5.65 Å². The van der Waals surface area contributed by atoms with Gasteiger partial charge in [0.2, 0.25) is 5.91 Å². The Kier molecular flexibility index (Phi) is 5.58. The average Bonchev–Trinajstić information content (AvgIpc) is 3.00. The zero-order chi connectivity index (χ0) is 18.7. The third-order valence-corrected chi connectivity index (χ3v) is 4.91. The van der Waals surface area contributed by atoms with Crippen molar-refractivity contribution in [3.63, 3.8) is 0 Å². The van der Waals surface area contributed by atoms with Gasteiger partial charge in [0, 0.05) is 50.9 Å². The number of carbonyl (C=O) groups is 1. The second-order valence-electron chi connectivity index (χ2n) is 8.17. The fourth-order valence-electron chi connectivity index (χ4n) is 3.08. The molecule has 7 nitrogen and oxygen atoms in total. The Morgan fingerprint density at radius 3 is 2.62 bits per heavy atom. The summed E-state index contributed by atoms with van der Waals surface area (Å²) in [7, 11) is 2.18. The van der Waals surface area contributed by atoms with Crippen LogP contribution >= 0.6 is 0 Å². The van der Waals surface area contributed by atoms with Crippen LogP contribution in [0.2, 0.25) is 0 Å². The van der Waals surface area contributed by atoms with Gasteiger partial charge in [-0.2, -0.15) is 5.10 Å². The summed E-state index contributed by atoms with van der Waals surface area (Å²) in [5, 5.41) is 8.39. The Morgan fingerprint density at radius 2 is 1.92 bits per heavy atom. The molecule has 7 heteroatoms. The zero-order valence-electron chi connectivity index (χ0n) is 16.3. The summed E-state index contributed by atoms with van der Waals surface area (Å²) in [4.78, 5) is 21.6. The van der Waals surface area contributed by atoms with E-state index in [0.717, 1.165) is 62.4 Å². The van der Waals surface area contributed by atoms with Crippen molar-refractivity contribution in [2.45, 2.75) is 33.7 Å². The Balaban J connectivity index is 1.63. The lowest BCUT2D eigenvalue weighted by Gasteiger charge is -2.32. The monoisotopic (exact) mass is 358 g/mol. The molecule has 1 amide bonds. The molecule has 1 fully saturated rings. The number of nitrogens with one attached hydrogen (secondary N) is 1. The number of nitrogens with zero attached hydrogens (tertiary/aromatic N) is 5. The molecule has 0 aliphatic carbocycles. The molecule has 0 saturated carbocycles. The Morgan fingerprint density at radius 1 is 1.19 bits per heavy atom. The second-order valence-corrected chi connectivity index (χ2v) is 8.17. The first-order chi connectivity index (χ1) is 12.3. The summed E-state index contributed by atoms with van der Waals surface area (Å²) >= 11 is 0. The molecule has 1 aliphatic rings. The van der Waals surface area contributed by atoms with Crippen molar-refractivity contribution in [1.29, 1.82) is 0 Å². The standard InChI is InChI=1S/C19H30N6O/c1-19(2,3)18(26)22-16-6-7-20-17-15(16)14-21-25(17)9-5-8-24-12-10-23(4)11-13-24/h6-7,14H,5,8-13H2,1-4H3,(H,20,22,26). The number of hydrogen-bond donors (Lipinski definition) is 1. The van der Waals surface area contributed by atoms with Crippen LogP contribution in [0.25, 0.3) is 11.0 Å². The van der Waals surface area contributed by atoms with Crippen molar-refractivity contribution in [2.75, 3.05) is 45.1 Å². The lowest BCUT2D eigenvalue weighted by Crippen LogP contribution is -2.44. The van der Waals surface area contributed by atoms with Gasteiger partial charge in [-0.25, -0.2) is 9.67 Å². The molecule has 142 valence electrons. The molecule has 0 unspecified atom stereocenters. The number of likely N-dealkylation sites (N-methyl/N-ethyl adjacent to an activating group) is 1. The number of aryl methyl sites for hydroxylation is 1. The van der Waals surface area contributed by atoms with Crippen LogP contribution in [0.1, 0.15) is 27.2 Å². The highest BCUT2D eigenvalue weighted by Gasteiger charge is 2.22. The van der Waals surface area contributed by atoms with Crippen molar-refractivity contribution in [3.8, 4) is 0 Å². The minimum atomic E-state index is -0.436. The van der Waals surface area contributed by atoms with Crippen LogP contribution in [0.5, 0.6) is 0 Å². The normalized spacial score (nSPS) is 16.9. The van der Waals surface area contributed by atoms with E-state index in [2.05, 4.69) is 32.2 Å². The maximum Gasteiger partial charge on any atom is 0.229 e. The molecule has 0 bridgehead atoms. The van der Waals surface area contributed by atoms with Crippen LogP contribution in [0.3, 0.4) is 0 Å². The molecular weight excluding hydrogens is 328 g/mol. The first-order valence-electron chi connectivity index (χ1n) is 9.37. The molecule has 0 aromatic carbocycles. The smallest absolute Gasteiger partial charge is 0.229 e. The number of anilines is 1. The van der Waals surface area contributed by atoms with Crippen LogP contribution in [-0.4, -0.2) is 70.2 Å². The topological polar surface area (TPSA) is 66.3 Å². The van der Waals surface area contributed by atoms with Gasteiger partial charge < -0.3 is 15.1 Å². The second kappa shape index (κ2) is 7.72. The number of carbonyl (C=O) groups excluding carboxylic acids is 1. The Hall–Kier alpha value is -1.99. The van der Waals surface area contributed by atoms with E-state index in [4.69, 9.17) is 0 Å². The quantitative estimate of drug-likeness (QED) is 0.886. The van der Waals surface area contributed by atoms with Gasteiger partial charge in [-0.1, -0.05) is 20.8 Å². The lowest BCUT2D eigenvalue weighted by atomic mass is 9.95. The van der Waals surface area contributed by atoms with Gasteiger partial charge in [0.05, 0.1) is 17.3 Å². The fourth-order valence-corrected chi connectivity index (χ4v) is 3.08.